The third-order valence-electron chi connectivity index (χ3n) is 3.96. The predicted molar refractivity (Wildman–Crippen MR) is 75.5 cm³/mol. The summed E-state index contributed by atoms with van der Waals surface area (Å²) in [5.41, 5.74) is 0.0481. The minimum Gasteiger partial charge on any atom is -0.486 e. The quantitative estimate of drug-likeness (QED) is 0.825. The molecule has 1 aliphatic rings. The molecular weight excluding hydrogens is 293 g/mol. The Morgan fingerprint density at radius 1 is 1.14 bits per heavy atom. The molecule has 6 heteroatoms. The zero-order valence-electron chi connectivity index (χ0n) is 12.0. The van der Waals surface area contributed by atoms with Crippen LogP contribution in [-0.4, -0.2) is 9.78 Å². The van der Waals surface area contributed by atoms with Gasteiger partial charge in [-0.3, -0.25) is 4.68 Å². The largest absolute Gasteiger partial charge is 0.486 e. The van der Waals surface area contributed by atoms with Crippen LogP contribution in [-0.2, 0) is 12.8 Å². The van der Waals surface area contributed by atoms with E-state index >= 15 is 0 Å². The third kappa shape index (κ3) is 3.43. The van der Waals surface area contributed by atoms with Crippen molar-refractivity contribution in [1.82, 2.24) is 9.78 Å². The molecule has 0 spiro atoms. The fourth-order valence-electron chi connectivity index (χ4n) is 2.72. The van der Waals surface area contributed by atoms with E-state index in [-0.39, 0.29) is 6.61 Å². The minimum atomic E-state index is -4.30. The Balaban J connectivity index is 1.58. The zero-order valence-corrected chi connectivity index (χ0v) is 12.0. The molecule has 1 saturated carbocycles. The molecule has 0 atom stereocenters. The van der Waals surface area contributed by atoms with Crippen LogP contribution in [0.1, 0.15) is 42.9 Å². The highest BCUT2D eigenvalue weighted by Crippen LogP contribution is 2.30. The first kappa shape index (κ1) is 14.9. The van der Waals surface area contributed by atoms with Crippen LogP contribution >= 0.6 is 0 Å². The molecule has 1 heterocycles. The molecule has 0 aliphatic heterocycles. The first-order valence-corrected chi connectivity index (χ1v) is 7.35. The van der Waals surface area contributed by atoms with Crippen LogP contribution in [0.3, 0.4) is 0 Å². The van der Waals surface area contributed by atoms with Gasteiger partial charge in [-0.1, -0.05) is 25.0 Å². The molecule has 1 aromatic heterocycles. The lowest BCUT2D eigenvalue weighted by Gasteiger charge is -2.09. The van der Waals surface area contributed by atoms with Crippen LogP contribution in [0.25, 0.3) is 0 Å². The maximum atomic E-state index is 12.5. The van der Waals surface area contributed by atoms with Crippen molar-refractivity contribution in [3.05, 3.63) is 47.8 Å². The number of aromatic nitrogens is 2. The fourth-order valence-corrected chi connectivity index (χ4v) is 2.72. The van der Waals surface area contributed by atoms with Gasteiger partial charge in [-0.05, 0) is 30.5 Å². The maximum absolute atomic E-state index is 12.5. The summed E-state index contributed by atoms with van der Waals surface area (Å²) in [6.45, 7) is 0.231. The fraction of sp³-hybridized carbons (Fsp3) is 0.438. The molecule has 2 aromatic rings. The average molecular weight is 310 g/mol. The van der Waals surface area contributed by atoms with Gasteiger partial charge in [-0.25, -0.2) is 0 Å². The molecule has 0 bridgehead atoms. The van der Waals surface area contributed by atoms with Crippen LogP contribution in [0.2, 0.25) is 0 Å². The topological polar surface area (TPSA) is 27.1 Å². The van der Waals surface area contributed by atoms with Crippen LogP contribution in [0.5, 0.6) is 5.75 Å². The van der Waals surface area contributed by atoms with Crippen molar-refractivity contribution in [2.75, 3.05) is 0 Å². The Hall–Kier alpha value is -1.98. The van der Waals surface area contributed by atoms with E-state index in [1.165, 1.54) is 25.0 Å². The first-order chi connectivity index (χ1) is 10.5. The SMILES string of the molecule is FC(F)(F)c1ccc(COc2cnn(C3CCCC3)c2)cc1. The van der Waals surface area contributed by atoms with Crippen molar-refractivity contribution in [3.8, 4) is 5.75 Å². The van der Waals surface area contributed by atoms with E-state index < -0.39 is 11.7 Å². The van der Waals surface area contributed by atoms with Gasteiger partial charge in [0.25, 0.3) is 0 Å². The lowest BCUT2D eigenvalue weighted by Crippen LogP contribution is -2.05. The second kappa shape index (κ2) is 6.02. The molecule has 0 N–H and O–H groups in total. The normalized spacial score (nSPS) is 16.1. The Bertz CT molecular complexity index is 613. The van der Waals surface area contributed by atoms with E-state index in [4.69, 9.17) is 4.74 Å². The highest BCUT2D eigenvalue weighted by Gasteiger charge is 2.29. The van der Waals surface area contributed by atoms with E-state index in [0.717, 1.165) is 25.0 Å². The third-order valence-corrected chi connectivity index (χ3v) is 3.96. The first-order valence-electron chi connectivity index (χ1n) is 7.35. The summed E-state index contributed by atoms with van der Waals surface area (Å²) in [5.74, 6) is 0.645. The van der Waals surface area contributed by atoms with Crippen molar-refractivity contribution in [2.45, 2.75) is 44.5 Å². The second-order valence-electron chi connectivity index (χ2n) is 5.58. The van der Waals surface area contributed by atoms with Crippen LogP contribution in [0, 0.1) is 0 Å². The van der Waals surface area contributed by atoms with Crippen LogP contribution < -0.4 is 4.74 Å². The molecule has 0 radical (unpaired) electrons. The number of nitrogens with zero attached hydrogens (tertiary/aromatic N) is 2. The number of halogens is 3. The van der Waals surface area contributed by atoms with Gasteiger partial charge in [0.15, 0.2) is 5.75 Å². The summed E-state index contributed by atoms with van der Waals surface area (Å²) < 4.78 is 45.0. The van der Waals surface area contributed by atoms with Crippen molar-refractivity contribution in [2.24, 2.45) is 0 Å². The highest BCUT2D eigenvalue weighted by atomic mass is 19.4. The summed E-state index contributed by atoms with van der Waals surface area (Å²) in [6, 6.07) is 5.46. The van der Waals surface area contributed by atoms with E-state index in [2.05, 4.69) is 5.10 Å². The zero-order chi connectivity index (χ0) is 15.6. The molecule has 1 fully saturated rings. The lowest BCUT2D eigenvalue weighted by molar-refractivity contribution is -0.137. The van der Waals surface area contributed by atoms with Crippen LogP contribution in [0.4, 0.5) is 13.2 Å². The van der Waals surface area contributed by atoms with Gasteiger partial charge in [0.2, 0.25) is 0 Å². The number of hydrogen-bond donors (Lipinski definition) is 0. The molecule has 118 valence electrons. The standard InChI is InChI=1S/C16H17F3N2O/c17-16(18,19)13-7-5-12(6-8-13)11-22-15-9-20-21(10-15)14-3-1-2-4-14/h5-10,14H,1-4,11H2. The molecule has 0 saturated heterocycles. The molecule has 0 amide bonds. The summed E-state index contributed by atoms with van der Waals surface area (Å²) in [5, 5.41) is 4.30. The van der Waals surface area contributed by atoms with E-state index in [1.807, 2.05) is 10.9 Å². The molecule has 22 heavy (non-hydrogen) atoms. The summed E-state index contributed by atoms with van der Waals surface area (Å²) in [6.07, 6.45) is 3.95. The van der Waals surface area contributed by atoms with Gasteiger partial charge < -0.3 is 4.74 Å². The van der Waals surface area contributed by atoms with Gasteiger partial charge in [-0.15, -0.1) is 0 Å². The Morgan fingerprint density at radius 3 is 2.45 bits per heavy atom. The number of alkyl halides is 3. The summed E-state index contributed by atoms with van der Waals surface area (Å²) >= 11 is 0. The van der Waals surface area contributed by atoms with Gasteiger partial charge in [0, 0.05) is 0 Å². The molecule has 0 unspecified atom stereocenters. The second-order valence-corrected chi connectivity index (χ2v) is 5.58. The number of rotatable bonds is 4. The predicted octanol–water partition coefficient (Wildman–Crippen LogP) is 4.60. The molecule has 1 aromatic carbocycles. The van der Waals surface area contributed by atoms with E-state index in [0.29, 0.717) is 17.4 Å². The van der Waals surface area contributed by atoms with Gasteiger partial charge in [0.1, 0.15) is 6.61 Å². The van der Waals surface area contributed by atoms with Gasteiger partial charge >= 0.3 is 6.18 Å². The Labute approximate surface area is 126 Å². The summed E-state index contributed by atoms with van der Waals surface area (Å²) in [7, 11) is 0. The molecule has 1 aliphatic carbocycles. The van der Waals surface area contributed by atoms with Crippen molar-refractivity contribution >= 4 is 0 Å². The number of ether oxygens (including phenoxy) is 1. The van der Waals surface area contributed by atoms with Crippen molar-refractivity contribution < 1.29 is 17.9 Å². The Kier molecular flexibility index (Phi) is 4.09. The minimum absolute atomic E-state index is 0.231. The smallest absolute Gasteiger partial charge is 0.416 e. The monoisotopic (exact) mass is 310 g/mol. The van der Waals surface area contributed by atoms with Crippen molar-refractivity contribution in [3.63, 3.8) is 0 Å². The lowest BCUT2D eigenvalue weighted by atomic mass is 10.1. The van der Waals surface area contributed by atoms with Gasteiger partial charge in [-0.2, -0.15) is 18.3 Å². The van der Waals surface area contributed by atoms with E-state index in [1.54, 1.807) is 6.20 Å². The molecular formula is C16H17F3N2O. The summed E-state index contributed by atoms with van der Waals surface area (Å²) in [4.78, 5) is 0. The van der Waals surface area contributed by atoms with Crippen molar-refractivity contribution in [1.29, 1.82) is 0 Å². The Morgan fingerprint density at radius 2 is 1.82 bits per heavy atom. The average Bonchev–Trinajstić information content (AvgIpc) is 3.15. The molecule has 3 nitrogen and oxygen atoms in total. The van der Waals surface area contributed by atoms with E-state index in [9.17, 15) is 13.2 Å². The van der Waals surface area contributed by atoms with Crippen LogP contribution in [0.15, 0.2) is 36.7 Å². The molecule has 3 rings (SSSR count). The number of hydrogen-bond acceptors (Lipinski definition) is 2. The van der Waals surface area contributed by atoms with Gasteiger partial charge in [0.05, 0.1) is 24.0 Å². The number of benzene rings is 1. The highest BCUT2D eigenvalue weighted by molar-refractivity contribution is 5.24. The maximum Gasteiger partial charge on any atom is 0.416 e.